The molecular weight excluding hydrogens is 407 g/mol. The van der Waals surface area contributed by atoms with Gasteiger partial charge in [-0.1, -0.05) is 0 Å². The van der Waals surface area contributed by atoms with Crippen LogP contribution in [-0.4, -0.2) is 35.0 Å². The number of halogens is 3. The lowest BCUT2D eigenvalue weighted by Crippen LogP contribution is -2.50. The summed E-state index contributed by atoms with van der Waals surface area (Å²) in [6.45, 7) is 1.51. The van der Waals surface area contributed by atoms with Gasteiger partial charge in [0.1, 0.15) is 6.07 Å². The number of carbonyl (C=O) groups excluding carboxylic acids is 1. The third kappa shape index (κ3) is 5.14. The molecule has 0 unspecified atom stereocenters. The van der Waals surface area contributed by atoms with Gasteiger partial charge < -0.3 is 5.32 Å². The first-order valence-electron chi connectivity index (χ1n) is 10.0. The Labute approximate surface area is 179 Å². The van der Waals surface area contributed by atoms with Crippen molar-refractivity contribution in [1.29, 1.82) is 5.26 Å². The third-order valence-electron chi connectivity index (χ3n) is 5.57. The molecule has 2 N–H and O–H groups in total. The minimum absolute atomic E-state index is 0.0144. The van der Waals surface area contributed by atoms with E-state index in [9.17, 15) is 18.0 Å². The van der Waals surface area contributed by atoms with Crippen LogP contribution in [0, 0.1) is 18.3 Å². The Morgan fingerprint density at radius 1 is 1.19 bits per heavy atom. The molecular formula is C22H24F3N5O. The number of benzene rings is 1. The predicted molar refractivity (Wildman–Crippen MR) is 110 cm³/mol. The van der Waals surface area contributed by atoms with Crippen LogP contribution in [0.5, 0.6) is 0 Å². The van der Waals surface area contributed by atoms with Gasteiger partial charge in [-0.25, -0.2) is 5.43 Å². The highest BCUT2D eigenvalue weighted by Crippen LogP contribution is 2.36. The van der Waals surface area contributed by atoms with Gasteiger partial charge >= 0.3 is 6.18 Å². The van der Waals surface area contributed by atoms with Crippen molar-refractivity contribution in [3.63, 3.8) is 0 Å². The first-order chi connectivity index (χ1) is 14.7. The number of aryl methyl sites for hydroxylation is 1. The van der Waals surface area contributed by atoms with Crippen LogP contribution in [0.15, 0.2) is 36.7 Å². The van der Waals surface area contributed by atoms with E-state index in [1.165, 1.54) is 6.92 Å². The van der Waals surface area contributed by atoms with Crippen molar-refractivity contribution < 1.29 is 18.0 Å². The highest BCUT2D eigenvalue weighted by atomic mass is 19.4. The first-order valence-corrected chi connectivity index (χ1v) is 10.0. The number of alkyl halides is 3. The van der Waals surface area contributed by atoms with E-state index in [1.807, 2.05) is 0 Å². The fraction of sp³-hybridized carbons (Fsp3) is 0.409. The van der Waals surface area contributed by atoms with Gasteiger partial charge in [0.15, 0.2) is 0 Å². The predicted octanol–water partition coefficient (Wildman–Crippen LogP) is 4.28. The first kappa shape index (κ1) is 22.6. The molecule has 1 heterocycles. The van der Waals surface area contributed by atoms with Gasteiger partial charge in [0.25, 0.3) is 5.91 Å². The van der Waals surface area contributed by atoms with Gasteiger partial charge in [-0.3, -0.25) is 14.8 Å². The zero-order chi connectivity index (χ0) is 22.6. The number of nitriles is 1. The molecule has 1 aromatic heterocycles. The zero-order valence-electron chi connectivity index (χ0n) is 17.3. The second-order valence-corrected chi connectivity index (χ2v) is 7.61. The number of aromatic nitrogens is 1. The van der Waals surface area contributed by atoms with Crippen LogP contribution in [0.1, 0.15) is 52.7 Å². The summed E-state index contributed by atoms with van der Waals surface area (Å²) in [4.78, 5) is 16.7. The fourth-order valence-corrected chi connectivity index (χ4v) is 4.04. The minimum Gasteiger partial charge on any atom is -0.382 e. The number of nitrogens with one attached hydrogen (secondary N) is 2. The summed E-state index contributed by atoms with van der Waals surface area (Å²) < 4.78 is 40.0. The fourth-order valence-electron chi connectivity index (χ4n) is 4.04. The maximum atomic E-state index is 13.3. The third-order valence-corrected chi connectivity index (χ3v) is 5.57. The lowest BCUT2D eigenvalue weighted by Gasteiger charge is -2.37. The van der Waals surface area contributed by atoms with Crippen molar-refractivity contribution in [1.82, 2.24) is 15.4 Å². The van der Waals surface area contributed by atoms with Gasteiger partial charge in [0, 0.05) is 42.8 Å². The van der Waals surface area contributed by atoms with E-state index in [2.05, 4.69) is 15.7 Å². The van der Waals surface area contributed by atoms with E-state index in [0.29, 0.717) is 36.9 Å². The van der Waals surface area contributed by atoms with Crippen LogP contribution >= 0.6 is 0 Å². The zero-order valence-corrected chi connectivity index (χ0v) is 17.3. The Morgan fingerprint density at radius 3 is 2.39 bits per heavy atom. The van der Waals surface area contributed by atoms with E-state index in [1.54, 1.807) is 48.7 Å². The molecule has 1 aliphatic rings. The molecule has 2 aromatic rings. The summed E-state index contributed by atoms with van der Waals surface area (Å²) in [5.41, 5.74) is 2.88. The van der Waals surface area contributed by atoms with E-state index in [-0.39, 0.29) is 29.1 Å². The van der Waals surface area contributed by atoms with Crippen LogP contribution < -0.4 is 10.7 Å². The van der Waals surface area contributed by atoms with Gasteiger partial charge in [-0.05, 0) is 62.4 Å². The summed E-state index contributed by atoms with van der Waals surface area (Å²) in [6.07, 6.45) is 1.35. The Balaban J connectivity index is 1.67. The Morgan fingerprint density at radius 2 is 1.84 bits per heavy atom. The number of hydrazine groups is 1. The van der Waals surface area contributed by atoms with Crippen LogP contribution in [0.2, 0.25) is 0 Å². The Hall–Kier alpha value is -3.12. The maximum Gasteiger partial charge on any atom is 0.417 e. The topological polar surface area (TPSA) is 81.1 Å². The second kappa shape index (κ2) is 9.35. The molecule has 0 atom stereocenters. The highest BCUT2D eigenvalue weighted by molar-refractivity contribution is 5.93. The van der Waals surface area contributed by atoms with E-state index < -0.39 is 11.7 Å². The SMILES string of the molecule is CNN(C(=O)c1ccncc1)C1CCC(Nc2cc(C)c(C#N)c(C(F)(F)F)c2)CC1. The molecule has 31 heavy (non-hydrogen) atoms. The molecule has 0 bridgehead atoms. The van der Waals surface area contributed by atoms with E-state index >= 15 is 0 Å². The van der Waals surface area contributed by atoms with Gasteiger partial charge in [0.2, 0.25) is 0 Å². The number of nitrogens with zero attached hydrogens (tertiary/aromatic N) is 3. The minimum atomic E-state index is -4.59. The van der Waals surface area contributed by atoms with Crippen LogP contribution in [0.4, 0.5) is 18.9 Å². The van der Waals surface area contributed by atoms with Crippen molar-refractivity contribution in [2.75, 3.05) is 12.4 Å². The number of anilines is 1. The quantitative estimate of drug-likeness (QED) is 0.691. The number of hydrogen-bond acceptors (Lipinski definition) is 5. The largest absolute Gasteiger partial charge is 0.417 e. The molecule has 9 heteroatoms. The van der Waals surface area contributed by atoms with Crippen molar-refractivity contribution in [2.45, 2.75) is 50.9 Å². The summed E-state index contributed by atoms with van der Waals surface area (Å²) in [5.74, 6) is -0.140. The molecule has 164 valence electrons. The molecule has 1 fully saturated rings. The smallest absolute Gasteiger partial charge is 0.382 e. The molecule has 1 amide bonds. The van der Waals surface area contributed by atoms with E-state index in [4.69, 9.17) is 5.26 Å². The van der Waals surface area contributed by atoms with Gasteiger partial charge in [-0.15, -0.1) is 0 Å². The van der Waals surface area contributed by atoms with Crippen molar-refractivity contribution >= 4 is 11.6 Å². The molecule has 3 rings (SSSR count). The standard InChI is InChI=1S/C22H24F3N5O/c1-14-11-17(12-20(19(14)13-26)22(23,24)25)29-16-3-5-18(6-4-16)30(27-2)21(31)15-7-9-28-10-8-15/h7-12,16,18,27,29H,3-6H2,1-2H3. The molecule has 6 nitrogen and oxygen atoms in total. The number of hydrogen-bond donors (Lipinski definition) is 2. The number of rotatable bonds is 5. The molecule has 0 saturated heterocycles. The summed E-state index contributed by atoms with van der Waals surface area (Å²) in [5, 5.41) is 13.9. The molecule has 1 saturated carbocycles. The van der Waals surface area contributed by atoms with Crippen LogP contribution in [0.25, 0.3) is 0 Å². The highest BCUT2D eigenvalue weighted by Gasteiger charge is 2.35. The van der Waals surface area contributed by atoms with Crippen molar-refractivity contribution in [3.8, 4) is 6.07 Å². The Bertz CT molecular complexity index is 964. The van der Waals surface area contributed by atoms with Crippen LogP contribution in [-0.2, 0) is 6.18 Å². The normalized spacial score (nSPS) is 18.8. The maximum absolute atomic E-state index is 13.3. The van der Waals surface area contributed by atoms with Crippen molar-refractivity contribution in [2.24, 2.45) is 0 Å². The molecule has 0 spiro atoms. The number of pyridine rings is 1. The molecule has 0 aliphatic heterocycles. The molecule has 1 aromatic carbocycles. The van der Waals surface area contributed by atoms with Gasteiger partial charge in [-0.2, -0.15) is 18.4 Å². The lowest BCUT2D eigenvalue weighted by molar-refractivity contribution is -0.137. The average molecular weight is 431 g/mol. The average Bonchev–Trinajstić information content (AvgIpc) is 2.75. The summed E-state index contributed by atoms with van der Waals surface area (Å²) >= 11 is 0. The summed E-state index contributed by atoms with van der Waals surface area (Å²) in [6, 6.07) is 7.52. The Kier molecular flexibility index (Phi) is 6.81. The monoisotopic (exact) mass is 431 g/mol. The second-order valence-electron chi connectivity index (χ2n) is 7.61. The lowest BCUT2D eigenvalue weighted by atomic mass is 9.90. The molecule has 0 radical (unpaired) electrons. The number of carbonyl (C=O) groups is 1. The van der Waals surface area contributed by atoms with Gasteiger partial charge in [0.05, 0.1) is 11.1 Å². The summed E-state index contributed by atoms with van der Waals surface area (Å²) in [7, 11) is 1.70. The van der Waals surface area contributed by atoms with E-state index in [0.717, 1.165) is 6.07 Å². The molecule has 1 aliphatic carbocycles. The number of amides is 1. The van der Waals surface area contributed by atoms with Crippen molar-refractivity contribution in [3.05, 3.63) is 58.9 Å². The van der Waals surface area contributed by atoms with Crippen LogP contribution in [0.3, 0.4) is 0 Å².